The van der Waals surface area contributed by atoms with E-state index >= 15 is 0 Å². The van der Waals surface area contributed by atoms with E-state index in [4.69, 9.17) is 0 Å². The molecule has 1 saturated carbocycles. The molecule has 1 rings (SSSR count). The normalized spacial score (nSPS) is 34.8. The molecule has 0 aromatic heterocycles. The number of hydrogen-bond donors (Lipinski definition) is 0. The van der Waals surface area contributed by atoms with Crippen molar-refractivity contribution in [3.63, 3.8) is 0 Å². The van der Waals surface area contributed by atoms with Gasteiger partial charge in [-0.1, -0.05) is 60.3 Å². The zero-order chi connectivity index (χ0) is 11.5. The third kappa shape index (κ3) is 2.77. The molecule has 0 aromatic carbocycles. The monoisotopic (exact) mass is 210 g/mol. The maximum atomic E-state index is 2.55. The molecule has 0 spiro atoms. The topological polar surface area (TPSA) is 0 Å². The molecule has 90 valence electrons. The Bertz CT molecular complexity index is 182. The van der Waals surface area contributed by atoms with Crippen molar-refractivity contribution in [3.8, 4) is 0 Å². The van der Waals surface area contributed by atoms with Gasteiger partial charge in [-0.25, -0.2) is 0 Å². The standard InChI is InChI=1S/C15H30/c1-6-8-10-13-14(12(3)4)15(13,5)11-9-7-2/h12-14H,6-11H2,1-5H3. The van der Waals surface area contributed by atoms with Crippen LogP contribution in [0.4, 0.5) is 0 Å². The molecule has 0 radical (unpaired) electrons. The van der Waals surface area contributed by atoms with Crippen LogP contribution >= 0.6 is 0 Å². The summed E-state index contributed by atoms with van der Waals surface area (Å²) in [5, 5.41) is 0. The predicted molar refractivity (Wildman–Crippen MR) is 69.0 cm³/mol. The van der Waals surface area contributed by atoms with E-state index in [2.05, 4.69) is 34.6 Å². The minimum atomic E-state index is 0.708. The number of unbranched alkanes of at least 4 members (excludes halogenated alkanes) is 2. The Kier molecular flexibility index (Phi) is 4.67. The lowest BCUT2D eigenvalue weighted by Gasteiger charge is -2.12. The molecular weight excluding hydrogens is 180 g/mol. The van der Waals surface area contributed by atoms with E-state index in [9.17, 15) is 0 Å². The first-order valence-electron chi connectivity index (χ1n) is 7.07. The Morgan fingerprint density at radius 3 is 2.13 bits per heavy atom. The number of hydrogen-bond acceptors (Lipinski definition) is 0. The van der Waals surface area contributed by atoms with Crippen molar-refractivity contribution in [1.82, 2.24) is 0 Å². The maximum absolute atomic E-state index is 2.55. The highest BCUT2D eigenvalue weighted by Gasteiger charge is 2.59. The summed E-state index contributed by atoms with van der Waals surface area (Å²) in [7, 11) is 0. The fourth-order valence-corrected chi connectivity index (χ4v) is 3.77. The smallest absolute Gasteiger partial charge is 0.0261 e. The van der Waals surface area contributed by atoms with E-state index in [1.807, 2.05) is 0 Å². The van der Waals surface area contributed by atoms with Gasteiger partial charge in [0.25, 0.3) is 0 Å². The number of rotatable bonds is 7. The second-order valence-corrected chi connectivity index (χ2v) is 6.13. The van der Waals surface area contributed by atoms with Crippen LogP contribution in [0.5, 0.6) is 0 Å². The van der Waals surface area contributed by atoms with Crippen LogP contribution in [0.15, 0.2) is 0 Å². The van der Waals surface area contributed by atoms with E-state index < -0.39 is 0 Å². The van der Waals surface area contributed by atoms with Gasteiger partial charge >= 0.3 is 0 Å². The summed E-state index contributed by atoms with van der Waals surface area (Å²) in [6.45, 7) is 12.0. The second-order valence-electron chi connectivity index (χ2n) is 6.13. The van der Waals surface area contributed by atoms with E-state index in [0.29, 0.717) is 5.41 Å². The van der Waals surface area contributed by atoms with Crippen LogP contribution in [0.3, 0.4) is 0 Å². The van der Waals surface area contributed by atoms with Crippen LogP contribution in [0, 0.1) is 23.2 Å². The maximum Gasteiger partial charge on any atom is -0.0261 e. The molecule has 1 fully saturated rings. The van der Waals surface area contributed by atoms with Crippen molar-refractivity contribution in [2.45, 2.75) is 73.1 Å². The van der Waals surface area contributed by atoms with E-state index in [0.717, 1.165) is 17.8 Å². The molecule has 3 unspecified atom stereocenters. The summed E-state index contributed by atoms with van der Waals surface area (Å²) in [5.74, 6) is 2.97. The Labute approximate surface area is 96.8 Å². The van der Waals surface area contributed by atoms with Gasteiger partial charge in [0.1, 0.15) is 0 Å². The molecule has 0 heteroatoms. The third-order valence-corrected chi connectivity index (χ3v) is 4.59. The van der Waals surface area contributed by atoms with Gasteiger partial charge in [0.15, 0.2) is 0 Å². The zero-order valence-electron chi connectivity index (χ0n) is 11.5. The first-order valence-corrected chi connectivity index (χ1v) is 7.07. The summed E-state index contributed by atoms with van der Waals surface area (Å²) in [6, 6.07) is 0. The van der Waals surface area contributed by atoms with Gasteiger partial charge in [0.2, 0.25) is 0 Å². The van der Waals surface area contributed by atoms with Crippen LogP contribution in [0.2, 0.25) is 0 Å². The van der Waals surface area contributed by atoms with Crippen LogP contribution in [-0.2, 0) is 0 Å². The molecule has 0 heterocycles. The van der Waals surface area contributed by atoms with Crippen molar-refractivity contribution in [2.75, 3.05) is 0 Å². The molecule has 1 aliphatic carbocycles. The van der Waals surface area contributed by atoms with Crippen LogP contribution < -0.4 is 0 Å². The van der Waals surface area contributed by atoms with Gasteiger partial charge in [-0.15, -0.1) is 0 Å². The zero-order valence-corrected chi connectivity index (χ0v) is 11.5. The summed E-state index contributed by atoms with van der Waals surface area (Å²) in [5.41, 5.74) is 0.708. The van der Waals surface area contributed by atoms with Gasteiger partial charge in [-0.3, -0.25) is 0 Å². The molecular formula is C15H30. The van der Waals surface area contributed by atoms with Crippen molar-refractivity contribution in [2.24, 2.45) is 23.2 Å². The lowest BCUT2D eigenvalue weighted by atomic mass is 9.93. The molecule has 0 bridgehead atoms. The van der Waals surface area contributed by atoms with Crippen molar-refractivity contribution >= 4 is 0 Å². The highest BCUT2D eigenvalue weighted by atomic mass is 14.6. The molecule has 3 atom stereocenters. The van der Waals surface area contributed by atoms with Gasteiger partial charge in [0, 0.05) is 0 Å². The largest absolute Gasteiger partial charge is 0.0654 e. The first kappa shape index (κ1) is 13.1. The van der Waals surface area contributed by atoms with Crippen LogP contribution in [0.25, 0.3) is 0 Å². The van der Waals surface area contributed by atoms with Gasteiger partial charge in [-0.05, 0) is 36.0 Å². The van der Waals surface area contributed by atoms with Gasteiger partial charge < -0.3 is 0 Å². The Morgan fingerprint density at radius 2 is 1.67 bits per heavy atom. The lowest BCUT2D eigenvalue weighted by Crippen LogP contribution is -2.03. The fraction of sp³-hybridized carbons (Fsp3) is 1.00. The molecule has 1 aliphatic rings. The van der Waals surface area contributed by atoms with Crippen molar-refractivity contribution < 1.29 is 0 Å². The minimum Gasteiger partial charge on any atom is -0.0654 e. The first-order chi connectivity index (χ1) is 7.07. The molecule has 0 aliphatic heterocycles. The van der Waals surface area contributed by atoms with E-state index in [-0.39, 0.29) is 0 Å². The fourth-order valence-electron chi connectivity index (χ4n) is 3.77. The van der Waals surface area contributed by atoms with Crippen molar-refractivity contribution in [1.29, 1.82) is 0 Å². The Hall–Kier alpha value is 0. The van der Waals surface area contributed by atoms with Crippen LogP contribution in [-0.4, -0.2) is 0 Å². The summed E-state index contributed by atoms with van der Waals surface area (Å²) < 4.78 is 0. The van der Waals surface area contributed by atoms with Crippen molar-refractivity contribution in [3.05, 3.63) is 0 Å². The highest BCUT2D eigenvalue weighted by Crippen LogP contribution is 2.66. The van der Waals surface area contributed by atoms with E-state index in [1.165, 1.54) is 38.5 Å². The average Bonchev–Trinajstić information content (AvgIpc) is 2.78. The quantitative estimate of drug-likeness (QED) is 0.536. The Morgan fingerprint density at radius 1 is 1.07 bits per heavy atom. The molecule has 0 aromatic rings. The molecule has 0 nitrogen and oxygen atoms in total. The third-order valence-electron chi connectivity index (χ3n) is 4.59. The lowest BCUT2D eigenvalue weighted by molar-refractivity contribution is 0.380. The van der Waals surface area contributed by atoms with Crippen LogP contribution in [0.1, 0.15) is 73.1 Å². The predicted octanol–water partition coefficient (Wildman–Crippen LogP) is 5.28. The highest BCUT2D eigenvalue weighted by molar-refractivity contribution is 5.08. The SMILES string of the molecule is CCCCC1C(C(C)C)C1(C)CCCC. The summed E-state index contributed by atoms with van der Waals surface area (Å²) >= 11 is 0. The summed E-state index contributed by atoms with van der Waals surface area (Å²) in [6.07, 6.45) is 8.56. The molecule has 15 heavy (non-hydrogen) atoms. The average molecular weight is 210 g/mol. The van der Waals surface area contributed by atoms with Gasteiger partial charge in [0.05, 0.1) is 0 Å². The molecule has 0 amide bonds. The molecule has 0 N–H and O–H groups in total. The second kappa shape index (κ2) is 5.37. The Balaban J connectivity index is 2.47. The summed E-state index contributed by atoms with van der Waals surface area (Å²) in [4.78, 5) is 0. The minimum absolute atomic E-state index is 0.708. The van der Waals surface area contributed by atoms with E-state index in [1.54, 1.807) is 0 Å². The van der Waals surface area contributed by atoms with Gasteiger partial charge in [-0.2, -0.15) is 0 Å². The molecule has 0 saturated heterocycles.